The Morgan fingerprint density at radius 1 is 1.26 bits per heavy atom. The first-order valence-electron chi connectivity index (χ1n) is 6.87. The van der Waals surface area contributed by atoms with Gasteiger partial charge >= 0.3 is 12.0 Å². The molecule has 0 aliphatic heterocycles. The summed E-state index contributed by atoms with van der Waals surface area (Å²) in [5.74, 6) is -0.886. The lowest BCUT2D eigenvalue weighted by Crippen LogP contribution is -2.44. The van der Waals surface area contributed by atoms with E-state index < -0.39 is 5.97 Å². The van der Waals surface area contributed by atoms with Crippen molar-refractivity contribution in [1.82, 2.24) is 15.1 Å². The van der Waals surface area contributed by atoms with Crippen molar-refractivity contribution in [2.75, 3.05) is 33.2 Å². The molecule has 0 aromatic carbocycles. The minimum Gasteiger partial charge on any atom is -0.481 e. The van der Waals surface area contributed by atoms with Gasteiger partial charge in [-0.1, -0.05) is 6.92 Å². The molecule has 2 amide bonds. The van der Waals surface area contributed by atoms with Crippen LogP contribution in [0.3, 0.4) is 0 Å². The average Bonchev–Trinajstić information content (AvgIpc) is 2.37. The molecule has 0 aromatic heterocycles. The molecule has 0 spiro atoms. The third-order valence-electron chi connectivity index (χ3n) is 3.35. The van der Waals surface area contributed by atoms with Crippen LogP contribution >= 0.6 is 0 Å². The van der Waals surface area contributed by atoms with Gasteiger partial charge in [-0.05, 0) is 27.3 Å². The van der Waals surface area contributed by atoms with Gasteiger partial charge in [-0.25, -0.2) is 4.79 Å². The molecular formula is C13H27N3O3. The average molecular weight is 273 g/mol. The molecule has 19 heavy (non-hydrogen) atoms. The quantitative estimate of drug-likeness (QED) is 0.662. The number of urea groups is 1. The smallest absolute Gasteiger partial charge is 0.317 e. The van der Waals surface area contributed by atoms with Crippen LogP contribution in [0.25, 0.3) is 0 Å². The Kier molecular flexibility index (Phi) is 8.95. The first-order valence-corrected chi connectivity index (χ1v) is 6.87. The van der Waals surface area contributed by atoms with E-state index >= 15 is 0 Å². The number of carboxylic acid groups (broad SMARTS) is 1. The van der Waals surface area contributed by atoms with Crippen LogP contribution in [-0.4, -0.2) is 66.2 Å². The van der Waals surface area contributed by atoms with Crippen molar-refractivity contribution in [2.45, 2.75) is 39.7 Å². The molecule has 0 radical (unpaired) electrons. The molecule has 0 fully saturated rings. The van der Waals surface area contributed by atoms with Gasteiger partial charge < -0.3 is 20.2 Å². The lowest BCUT2D eigenvalue weighted by atomic mass is 10.2. The molecule has 6 nitrogen and oxygen atoms in total. The van der Waals surface area contributed by atoms with Gasteiger partial charge in [0.15, 0.2) is 0 Å². The molecular weight excluding hydrogens is 246 g/mol. The fourth-order valence-corrected chi connectivity index (χ4v) is 1.62. The topological polar surface area (TPSA) is 72.9 Å². The molecule has 0 rings (SSSR count). The highest BCUT2D eigenvalue weighted by molar-refractivity contribution is 5.75. The van der Waals surface area contributed by atoms with Crippen molar-refractivity contribution in [3.8, 4) is 0 Å². The summed E-state index contributed by atoms with van der Waals surface area (Å²) in [7, 11) is 2.03. The number of aliphatic carboxylic acids is 1. The summed E-state index contributed by atoms with van der Waals surface area (Å²) in [6.07, 6.45) is 1.05. The second-order valence-electron chi connectivity index (χ2n) is 4.69. The highest BCUT2D eigenvalue weighted by Crippen LogP contribution is 1.98. The number of carbonyl (C=O) groups excluding carboxylic acids is 1. The Morgan fingerprint density at radius 2 is 1.89 bits per heavy atom. The van der Waals surface area contributed by atoms with Gasteiger partial charge in [-0.2, -0.15) is 0 Å². The maximum Gasteiger partial charge on any atom is 0.317 e. The minimum absolute atomic E-state index is 0.0198. The van der Waals surface area contributed by atoms with Crippen molar-refractivity contribution in [2.24, 2.45) is 0 Å². The van der Waals surface area contributed by atoms with E-state index in [1.807, 2.05) is 14.0 Å². The van der Waals surface area contributed by atoms with Crippen molar-refractivity contribution in [3.05, 3.63) is 0 Å². The molecule has 0 heterocycles. The summed E-state index contributed by atoms with van der Waals surface area (Å²) in [5, 5.41) is 11.4. The van der Waals surface area contributed by atoms with Gasteiger partial charge in [0.05, 0.1) is 6.42 Å². The molecule has 112 valence electrons. The van der Waals surface area contributed by atoms with Crippen molar-refractivity contribution in [1.29, 1.82) is 0 Å². The van der Waals surface area contributed by atoms with Gasteiger partial charge in [0.1, 0.15) is 0 Å². The zero-order valence-electron chi connectivity index (χ0n) is 12.5. The van der Waals surface area contributed by atoms with Crippen LogP contribution in [0.5, 0.6) is 0 Å². The zero-order chi connectivity index (χ0) is 14.8. The standard InChI is InChI=1S/C13H27N3O3/c1-5-11(3)15(4)10-8-14-13(19)16(6-2)9-7-12(17)18/h11H,5-10H2,1-4H3,(H,14,19)(H,17,18). The number of hydrogen-bond acceptors (Lipinski definition) is 3. The summed E-state index contributed by atoms with van der Waals surface area (Å²) in [6.45, 7) is 8.24. The molecule has 0 bridgehead atoms. The highest BCUT2D eigenvalue weighted by atomic mass is 16.4. The van der Waals surface area contributed by atoms with Crippen LogP contribution in [-0.2, 0) is 4.79 Å². The van der Waals surface area contributed by atoms with Crippen LogP contribution in [0.15, 0.2) is 0 Å². The Bertz CT molecular complexity index is 284. The van der Waals surface area contributed by atoms with E-state index in [0.717, 1.165) is 13.0 Å². The predicted octanol–water partition coefficient (Wildman–Crippen LogP) is 1.22. The lowest BCUT2D eigenvalue weighted by Gasteiger charge is -2.25. The number of likely N-dealkylation sites (N-methyl/N-ethyl adjacent to an activating group) is 1. The van der Waals surface area contributed by atoms with Gasteiger partial charge in [0.2, 0.25) is 0 Å². The Morgan fingerprint density at radius 3 is 2.37 bits per heavy atom. The molecule has 0 aliphatic rings. The van der Waals surface area contributed by atoms with E-state index in [1.54, 1.807) is 0 Å². The van der Waals surface area contributed by atoms with E-state index in [4.69, 9.17) is 5.11 Å². The van der Waals surface area contributed by atoms with E-state index in [2.05, 4.69) is 24.1 Å². The van der Waals surface area contributed by atoms with Gasteiger partial charge in [-0.15, -0.1) is 0 Å². The number of nitrogens with zero attached hydrogens (tertiary/aromatic N) is 2. The molecule has 1 unspecified atom stereocenters. The molecule has 0 saturated heterocycles. The molecule has 1 atom stereocenters. The number of carbonyl (C=O) groups is 2. The summed E-state index contributed by atoms with van der Waals surface area (Å²) >= 11 is 0. The van der Waals surface area contributed by atoms with Crippen LogP contribution in [0, 0.1) is 0 Å². The molecule has 0 aromatic rings. The normalized spacial score (nSPS) is 12.3. The number of carboxylic acids is 1. The van der Waals surface area contributed by atoms with E-state index in [9.17, 15) is 9.59 Å². The third-order valence-corrected chi connectivity index (χ3v) is 3.35. The van der Waals surface area contributed by atoms with E-state index in [1.165, 1.54) is 4.90 Å². The second-order valence-corrected chi connectivity index (χ2v) is 4.69. The van der Waals surface area contributed by atoms with Crippen molar-refractivity contribution in [3.63, 3.8) is 0 Å². The summed E-state index contributed by atoms with van der Waals surface area (Å²) in [5.41, 5.74) is 0. The second kappa shape index (κ2) is 9.61. The number of amides is 2. The summed E-state index contributed by atoms with van der Waals surface area (Å²) in [4.78, 5) is 26.0. The fraction of sp³-hybridized carbons (Fsp3) is 0.846. The van der Waals surface area contributed by atoms with Crippen LogP contribution < -0.4 is 5.32 Å². The predicted molar refractivity (Wildman–Crippen MR) is 75.3 cm³/mol. The maximum absolute atomic E-state index is 11.8. The first kappa shape index (κ1) is 17.7. The largest absolute Gasteiger partial charge is 0.481 e. The zero-order valence-corrected chi connectivity index (χ0v) is 12.5. The highest BCUT2D eigenvalue weighted by Gasteiger charge is 2.13. The number of hydrogen-bond donors (Lipinski definition) is 2. The summed E-state index contributed by atoms with van der Waals surface area (Å²) in [6, 6.07) is 0.299. The van der Waals surface area contributed by atoms with Gasteiger partial charge in [0, 0.05) is 32.2 Å². The third kappa shape index (κ3) is 7.66. The Labute approximate surface area is 115 Å². The van der Waals surface area contributed by atoms with Crippen LogP contribution in [0.4, 0.5) is 4.79 Å². The molecule has 2 N–H and O–H groups in total. The molecule has 0 aliphatic carbocycles. The number of nitrogens with one attached hydrogen (secondary N) is 1. The van der Waals surface area contributed by atoms with Crippen LogP contribution in [0.1, 0.15) is 33.6 Å². The van der Waals surface area contributed by atoms with E-state index in [-0.39, 0.29) is 19.0 Å². The monoisotopic (exact) mass is 273 g/mol. The lowest BCUT2D eigenvalue weighted by molar-refractivity contribution is -0.137. The van der Waals surface area contributed by atoms with Crippen LogP contribution in [0.2, 0.25) is 0 Å². The molecule has 6 heteroatoms. The van der Waals surface area contributed by atoms with Crippen molar-refractivity contribution < 1.29 is 14.7 Å². The summed E-state index contributed by atoms with van der Waals surface area (Å²) < 4.78 is 0. The number of rotatable bonds is 9. The van der Waals surface area contributed by atoms with Gasteiger partial charge in [-0.3, -0.25) is 4.79 Å². The Hall–Kier alpha value is -1.30. The van der Waals surface area contributed by atoms with Crippen molar-refractivity contribution >= 4 is 12.0 Å². The first-order chi connectivity index (χ1) is 8.92. The Balaban J connectivity index is 3.97. The minimum atomic E-state index is -0.886. The molecule has 0 saturated carbocycles. The fourth-order valence-electron chi connectivity index (χ4n) is 1.62. The maximum atomic E-state index is 11.8. The van der Waals surface area contributed by atoms with Gasteiger partial charge in [0.25, 0.3) is 0 Å². The van der Waals surface area contributed by atoms with E-state index in [0.29, 0.717) is 19.1 Å². The SMILES string of the molecule is CCC(C)N(C)CCNC(=O)N(CC)CCC(=O)O.